The lowest BCUT2D eigenvalue weighted by molar-refractivity contribution is -0.139. The van der Waals surface area contributed by atoms with Crippen molar-refractivity contribution in [3.05, 3.63) is 42.5 Å². The van der Waals surface area contributed by atoms with E-state index in [2.05, 4.69) is 11.4 Å². The number of fused-ring (bicyclic) bond motifs is 1. The van der Waals surface area contributed by atoms with Crippen molar-refractivity contribution in [3.63, 3.8) is 0 Å². The van der Waals surface area contributed by atoms with E-state index in [1.807, 2.05) is 36.4 Å². The molecule has 1 unspecified atom stereocenters. The van der Waals surface area contributed by atoms with Crippen molar-refractivity contribution in [2.45, 2.75) is 31.3 Å². The summed E-state index contributed by atoms with van der Waals surface area (Å²) in [6.07, 6.45) is 2.18. The van der Waals surface area contributed by atoms with Gasteiger partial charge in [0, 0.05) is 11.7 Å². The zero-order chi connectivity index (χ0) is 14.4. The molecule has 0 spiro atoms. The van der Waals surface area contributed by atoms with Crippen molar-refractivity contribution in [2.75, 3.05) is 5.32 Å². The highest BCUT2D eigenvalue weighted by molar-refractivity contribution is 6.07. The van der Waals surface area contributed by atoms with Gasteiger partial charge in [0.15, 0.2) is 0 Å². The highest BCUT2D eigenvalue weighted by atomic mass is 16.2. The van der Waals surface area contributed by atoms with Crippen LogP contribution in [0.1, 0.15) is 19.3 Å². The van der Waals surface area contributed by atoms with Crippen molar-refractivity contribution in [1.29, 1.82) is 0 Å². The molecule has 1 saturated heterocycles. The van der Waals surface area contributed by atoms with Gasteiger partial charge in [0.05, 0.1) is 6.42 Å². The molecule has 1 saturated carbocycles. The Bertz CT molecular complexity index is 736. The molecule has 1 aliphatic carbocycles. The third kappa shape index (κ3) is 2.17. The fraction of sp³-hybridized carbons (Fsp3) is 0.294. The first-order chi connectivity index (χ1) is 10.2. The first-order valence-electron chi connectivity index (χ1n) is 7.33. The number of imide groups is 1. The molecule has 0 bridgehead atoms. The number of benzene rings is 2. The minimum absolute atomic E-state index is 0.0409. The molecule has 2 fully saturated rings. The first kappa shape index (κ1) is 12.4. The third-order valence-electron chi connectivity index (χ3n) is 4.19. The monoisotopic (exact) mass is 280 g/mol. The van der Waals surface area contributed by atoms with Gasteiger partial charge in [-0.15, -0.1) is 0 Å². The van der Waals surface area contributed by atoms with E-state index in [9.17, 15) is 9.59 Å². The molecule has 106 valence electrons. The van der Waals surface area contributed by atoms with Crippen molar-refractivity contribution in [1.82, 2.24) is 4.90 Å². The van der Waals surface area contributed by atoms with Crippen LogP contribution < -0.4 is 5.32 Å². The fourth-order valence-corrected chi connectivity index (χ4v) is 2.96. The van der Waals surface area contributed by atoms with Crippen molar-refractivity contribution < 1.29 is 9.59 Å². The van der Waals surface area contributed by atoms with Gasteiger partial charge in [0.2, 0.25) is 5.91 Å². The average Bonchev–Trinajstić information content (AvgIpc) is 3.27. The van der Waals surface area contributed by atoms with Gasteiger partial charge < -0.3 is 5.32 Å². The van der Waals surface area contributed by atoms with E-state index < -0.39 is 6.04 Å². The molecule has 1 heterocycles. The number of nitrogens with one attached hydrogen (secondary N) is 1. The summed E-state index contributed by atoms with van der Waals surface area (Å²) in [4.78, 5) is 25.7. The summed E-state index contributed by atoms with van der Waals surface area (Å²) in [5.74, 6) is -0.114. The van der Waals surface area contributed by atoms with Crippen LogP contribution in [0, 0.1) is 0 Å². The average molecular weight is 280 g/mol. The van der Waals surface area contributed by atoms with Gasteiger partial charge in [-0.25, -0.2) is 0 Å². The number of amides is 2. The number of carbonyl (C=O) groups is 2. The van der Waals surface area contributed by atoms with E-state index in [4.69, 9.17) is 0 Å². The normalized spacial score (nSPS) is 22.1. The zero-order valence-corrected chi connectivity index (χ0v) is 11.6. The molecule has 1 aliphatic heterocycles. The lowest BCUT2D eigenvalue weighted by Gasteiger charge is -2.15. The predicted molar refractivity (Wildman–Crippen MR) is 80.9 cm³/mol. The fourth-order valence-electron chi connectivity index (χ4n) is 2.96. The Morgan fingerprint density at radius 1 is 1.00 bits per heavy atom. The number of nitrogens with zero attached hydrogens (tertiary/aromatic N) is 1. The minimum Gasteiger partial charge on any atom is -0.373 e. The topological polar surface area (TPSA) is 49.4 Å². The van der Waals surface area contributed by atoms with Gasteiger partial charge in [0.1, 0.15) is 6.04 Å². The second-order valence-corrected chi connectivity index (χ2v) is 5.80. The number of carbonyl (C=O) groups excluding carboxylic acids is 2. The quantitative estimate of drug-likeness (QED) is 0.879. The first-order valence-corrected chi connectivity index (χ1v) is 7.33. The summed E-state index contributed by atoms with van der Waals surface area (Å²) in [6.45, 7) is 0. The molecule has 4 rings (SSSR count). The van der Waals surface area contributed by atoms with Crippen molar-refractivity contribution >= 4 is 28.3 Å². The second kappa shape index (κ2) is 4.58. The lowest BCUT2D eigenvalue weighted by Crippen LogP contribution is -2.36. The molecule has 0 radical (unpaired) electrons. The van der Waals surface area contributed by atoms with E-state index >= 15 is 0 Å². The Hall–Kier alpha value is -2.36. The SMILES string of the molecule is O=C1CC(Nc2ccc3ccccc3c2)C(=O)N1C1CC1. The highest BCUT2D eigenvalue weighted by Gasteiger charge is 2.46. The summed E-state index contributed by atoms with van der Waals surface area (Å²) in [6, 6.07) is 13.8. The maximum absolute atomic E-state index is 12.3. The Morgan fingerprint density at radius 2 is 1.76 bits per heavy atom. The molecule has 1 atom stereocenters. The Morgan fingerprint density at radius 3 is 2.52 bits per heavy atom. The number of hydrogen-bond donors (Lipinski definition) is 1. The van der Waals surface area contributed by atoms with Gasteiger partial charge in [-0.3, -0.25) is 14.5 Å². The maximum Gasteiger partial charge on any atom is 0.252 e. The summed E-state index contributed by atoms with van der Waals surface area (Å²) >= 11 is 0. The van der Waals surface area contributed by atoms with Crippen LogP contribution in [0.15, 0.2) is 42.5 Å². The predicted octanol–water partition coefficient (Wildman–Crippen LogP) is 2.54. The molecular formula is C17H16N2O2. The van der Waals surface area contributed by atoms with E-state index in [-0.39, 0.29) is 24.3 Å². The van der Waals surface area contributed by atoms with E-state index in [0.717, 1.165) is 29.3 Å². The number of likely N-dealkylation sites (tertiary alicyclic amines) is 1. The third-order valence-corrected chi connectivity index (χ3v) is 4.19. The molecule has 1 N–H and O–H groups in total. The van der Waals surface area contributed by atoms with Crippen LogP contribution >= 0.6 is 0 Å². The Kier molecular flexibility index (Phi) is 2.70. The molecule has 21 heavy (non-hydrogen) atoms. The molecule has 4 nitrogen and oxygen atoms in total. The molecule has 4 heteroatoms. The van der Waals surface area contributed by atoms with E-state index in [1.54, 1.807) is 0 Å². The molecular weight excluding hydrogens is 264 g/mol. The van der Waals surface area contributed by atoms with Crippen LogP contribution in [-0.4, -0.2) is 28.8 Å². The largest absolute Gasteiger partial charge is 0.373 e. The van der Waals surface area contributed by atoms with Crippen LogP contribution in [0.25, 0.3) is 10.8 Å². The number of hydrogen-bond acceptors (Lipinski definition) is 3. The summed E-state index contributed by atoms with van der Waals surface area (Å²) < 4.78 is 0. The minimum atomic E-state index is -0.417. The molecule has 2 aromatic rings. The summed E-state index contributed by atoms with van der Waals surface area (Å²) in [7, 11) is 0. The Labute approximate surface area is 122 Å². The van der Waals surface area contributed by atoms with Crippen molar-refractivity contribution in [3.8, 4) is 0 Å². The van der Waals surface area contributed by atoms with Gasteiger partial charge in [-0.1, -0.05) is 30.3 Å². The van der Waals surface area contributed by atoms with Gasteiger partial charge >= 0.3 is 0 Å². The Balaban J connectivity index is 1.57. The van der Waals surface area contributed by atoms with E-state index in [0.29, 0.717) is 0 Å². The summed E-state index contributed by atoms with van der Waals surface area (Å²) in [5, 5.41) is 5.50. The van der Waals surface area contributed by atoms with Gasteiger partial charge in [0.25, 0.3) is 5.91 Å². The maximum atomic E-state index is 12.3. The zero-order valence-electron chi connectivity index (χ0n) is 11.6. The lowest BCUT2D eigenvalue weighted by atomic mass is 10.1. The molecule has 2 aliphatic rings. The van der Waals surface area contributed by atoms with Crippen molar-refractivity contribution in [2.24, 2.45) is 0 Å². The molecule has 2 amide bonds. The summed E-state index contributed by atoms with van der Waals surface area (Å²) in [5.41, 5.74) is 0.887. The van der Waals surface area contributed by atoms with E-state index in [1.165, 1.54) is 4.90 Å². The van der Waals surface area contributed by atoms with Gasteiger partial charge in [-0.2, -0.15) is 0 Å². The van der Waals surface area contributed by atoms with Crippen LogP contribution in [0.4, 0.5) is 5.69 Å². The number of anilines is 1. The van der Waals surface area contributed by atoms with Crippen LogP contribution in [-0.2, 0) is 9.59 Å². The molecule has 0 aromatic heterocycles. The smallest absolute Gasteiger partial charge is 0.252 e. The highest BCUT2D eigenvalue weighted by Crippen LogP contribution is 2.32. The van der Waals surface area contributed by atoms with Crippen LogP contribution in [0.2, 0.25) is 0 Å². The molecule has 2 aromatic carbocycles. The second-order valence-electron chi connectivity index (χ2n) is 5.80. The number of rotatable bonds is 3. The van der Waals surface area contributed by atoms with Crippen LogP contribution in [0.5, 0.6) is 0 Å². The van der Waals surface area contributed by atoms with Gasteiger partial charge in [-0.05, 0) is 35.7 Å². The van der Waals surface area contributed by atoms with Crippen LogP contribution in [0.3, 0.4) is 0 Å². The standard InChI is InChI=1S/C17H16N2O2/c20-16-10-15(17(21)19(16)14-7-8-14)18-13-6-5-11-3-1-2-4-12(11)9-13/h1-6,9,14-15,18H,7-8,10H2.